The summed E-state index contributed by atoms with van der Waals surface area (Å²) in [5.74, 6) is 0.310. The van der Waals surface area contributed by atoms with E-state index in [2.05, 4.69) is 4.98 Å². The van der Waals surface area contributed by atoms with Crippen LogP contribution in [0.2, 0.25) is 10.0 Å². The molecule has 1 unspecified atom stereocenters. The van der Waals surface area contributed by atoms with Gasteiger partial charge in [-0.2, -0.15) is 0 Å². The number of ether oxygens (including phenoxy) is 1. The van der Waals surface area contributed by atoms with Gasteiger partial charge in [0.1, 0.15) is 5.82 Å². The molecule has 1 atom stereocenters. The minimum absolute atomic E-state index is 0.171. The van der Waals surface area contributed by atoms with Crippen molar-refractivity contribution in [1.29, 1.82) is 0 Å². The van der Waals surface area contributed by atoms with Gasteiger partial charge >= 0.3 is 0 Å². The van der Waals surface area contributed by atoms with Crippen LogP contribution in [0, 0.1) is 0 Å². The summed E-state index contributed by atoms with van der Waals surface area (Å²) in [6.45, 7) is 2.81. The minimum Gasteiger partial charge on any atom is -0.385 e. The highest BCUT2D eigenvalue weighted by atomic mass is 35.5. The first kappa shape index (κ1) is 22.3. The molecule has 0 radical (unpaired) electrons. The zero-order chi connectivity index (χ0) is 21.8. The molecule has 0 saturated heterocycles. The molecule has 0 fully saturated rings. The lowest BCUT2D eigenvalue weighted by Crippen LogP contribution is -2.38. The second-order valence-electron chi connectivity index (χ2n) is 7.02. The quantitative estimate of drug-likeness (QED) is 0.500. The van der Waals surface area contributed by atoms with Crippen molar-refractivity contribution in [2.24, 2.45) is 7.05 Å². The van der Waals surface area contributed by atoms with Gasteiger partial charge in [-0.15, -0.1) is 0 Å². The van der Waals surface area contributed by atoms with E-state index in [4.69, 9.17) is 27.9 Å². The summed E-state index contributed by atoms with van der Waals surface area (Å²) in [6.07, 6.45) is 0.646. The van der Waals surface area contributed by atoms with Crippen LogP contribution in [0.3, 0.4) is 0 Å². The van der Waals surface area contributed by atoms with E-state index in [1.54, 1.807) is 61.5 Å². The van der Waals surface area contributed by atoms with Crippen LogP contribution < -0.4 is 5.56 Å². The standard InChI is InChI=1S/C22H23Cl2N3O3/c1-14(20-25-19-13-17(24)9-10-18(19)22(29)26(20)2)27(11-4-12-30-3)21(28)15-5-7-16(23)8-6-15/h5-10,13-14H,4,11-12H2,1-3H3. The summed E-state index contributed by atoms with van der Waals surface area (Å²) in [5, 5.41) is 1.53. The van der Waals surface area contributed by atoms with E-state index in [9.17, 15) is 9.59 Å². The number of aromatic nitrogens is 2. The van der Waals surface area contributed by atoms with E-state index in [0.717, 1.165) is 0 Å². The van der Waals surface area contributed by atoms with Gasteiger partial charge in [0.2, 0.25) is 0 Å². The molecule has 0 spiro atoms. The molecule has 8 heteroatoms. The Morgan fingerprint density at radius 3 is 2.50 bits per heavy atom. The molecule has 158 valence electrons. The van der Waals surface area contributed by atoms with Gasteiger partial charge in [-0.1, -0.05) is 23.2 Å². The number of carbonyl (C=O) groups is 1. The average Bonchev–Trinajstić information content (AvgIpc) is 2.73. The number of benzene rings is 2. The summed E-state index contributed by atoms with van der Waals surface area (Å²) < 4.78 is 6.64. The van der Waals surface area contributed by atoms with Crippen molar-refractivity contribution >= 4 is 40.0 Å². The lowest BCUT2D eigenvalue weighted by atomic mass is 10.1. The second-order valence-corrected chi connectivity index (χ2v) is 7.90. The molecule has 0 saturated carbocycles. The Morgan fingerprint density at radius 1 is 1.17 bits per heavy atom. The van der Waals surface area contributed by atoms with Crippen molar-refractivity contribution < 1.29 is 9.53 Å². The molecule has 1 heterocycles. The normalized spacial score (nSPS) is 12.2. The van der Waals surface area contributed by atoms with Crippen LogP contribution in [0.5, 0.6) is 0 Å². The fraction of sp³-hybridized carbons (Fsp3) is 0.318. The molecule has 3 rings (SSSR count). The molecule has 0 N–H and O–H groups in total. The highest BCUT2D eigenvalue weighted by Crippen LogP contribution is 2.24. The van der Waals surface area contributed by atoms with Crippen molar-refractivity contribution in [2.75, 3.05) is 20.3 Å². The molecule has 6 nitrogen and oxygen atoms in total. The van der Waals surface area contributed by atoms with Crippen LogP contribution in [0.4, 0.5) is 0 Å². The van der Waals surface area contributed by atoms with Crippen LogP contribution in [0.25, 0.3) is 10.9 Å². The third-order valence-corrected chi connectivity index (χ3v) is 5.50. The first-order chi connectivity index (χ1) is 14.3. The lowest BCUT2D eigenvalue weighted by molar-refractivity contribution is 0.0656. The van der Waals surface area contributed by atoms with Crippen LogP contribution >= 0.6 is 23.2 Å². The summed E-state index contributed by atoms with van der Waals surface area (Å²) >= 11 is 12.1. The number of halogens is 2. The number of amides is 1. The van der Waals surface area contributed by atoms with Crippen LogP contribution in [0.15, 0.2) is 47.3 Å². The predicted molar refractivity (Wildman–Crippen MR) is 119 cm³/mol. The smallest absolute Gasteiger partial charge is 0.261 e. The van der Waals surface area contributed by atoms with Gasteiger partial charge in [-0.05, 0) is 55.8 Å². The minimum atomic E-state index is -0.453. The van der Waals surface area contributed by atoms with Crippen molar-refractivity contribution in [3.63, 3.8) is 0 Å². The number of methoxy groups -OCH3 is 1. The highest BCUT2D eigenvalue weighted by Gasteiger charge is 2.26. The highest BCUT2D eigenvalue weighted by molar-refractivity contribution is 6.31. The number of rotatable bonds is 7. The topological polar surface area (TPSA) is 64.4 Å². The molecule has 30 heavy (non-hydrogen) atoms. The molecule has 3 aromatic rings. The number of nitrogens with zero attached hydrogens (tertiary/aromatic N) is 3. The molecule has 1 amide bonds. The Kier molecular flexibility index (Phi) is 7.13. The van der Waals surface area contributed by atoms with E-state index in [1.165, 1.54) is 4.57 Å². The largest absolute Gasteiger partial charge is 0.385 e. The Bertz CT molecular complexity index is 1110. The van der Waals surface area contributed by atoms with E-state index >= 15 is 0 Å². The van der Waals surface area contributed by atoms with Crippen LogP contribution in [-0.4, -0.2) is 40.6 Å². The fourth-order valence-electron chi connectivity index (χ4n) is 3.38. The Labute approximate surface area is 185 Å². The number of carbonyl (C=O) groups excluding carboxylic acids is 1. The fourth-order valence-corrected chi connectivity index (χ4v) is 3.68. The van der Waals surface area contributed by atoms with Crippen molar-refractivity contribution in [2.45, 2.75) is 19.4 Å². The van der Waals surface area contributed by atoms with Gasteiger partial charge in [0.25, 0.3) is 11.5 Å². The van der Waals surface area contributed by atoms with Crippen LogP contribution in [-0.2, 0) is 11.8 Å². The first-order valence-corrected chi connectivity index (χ1v) is 10.3. The monoisotopic (exact) mass is 447 g/mol. The third-order valence-electron chi connectivity index (χ3n) is 5.01. The Morgan fingerprint density at radius 2 is 1.83 bits per heavy atom. The van der Waals surface area contributed by atoms with Gasteiger partial charge in [-0.3, -0.25) is 14.2 Å². The molecule has 0 aliphatic rings. The maximum absolute atomic E-state index is 13.3. The maximum Gasteiger partial charge on any atom is 0.261 e. The van der Waals surface area contributed by atoms with E-state index in [1.807, 2.05) is 6.92 Å². The first-order valence-electron chi connectivity index (χ1n) is 9.55. The summed E-state index contributed by atoms with van der Waals surface area (Å²) in [4.78, 5) is 32.5. The zero-order valence-corrected chi connectivity index (χ0v) is 18.6. The third kappa shape index (κ3) is 4.67. The number of hydrogen-bond donors (Lipinski definition) is 0. The van der Waals surface area contributed by atoms with E-state index in [-0.39, 0.29) is 11.5 Å². The van der Waals surface area contributed by atoms with Gasteiger partial charge < -0.3 is 9.64 Å². The maximum atomic E-state index is 13.3. The SMILES string of the molecule is COCCCN(C(=O)c1ccc(Cl)cc1)C(C)c1nc2cc(Cl)ccc2c(=O)n1C. The summed E-state index contributed by atoms with van der Waals surface area (Å²) in [5.41, 5.74) is 0.829. The summed E-state index contributed by atoms with van der Waals surface area (Å²) in [6, 6.07) is 11.3. The number of hydrogen-bond acceptors (Lipinski definition) is 4. The van der Waals surface area contributed by atoms with Crippen LogP contribution in [0.1, 0.15) is 35.6 Å². The molecule has 0 aliphatic carbocycles. The molecule has 0 bridgehead atoms. The number of fused-ring (bicyclic) bond motifs is 1. The Hall–Kier alpha value is -2.41. The zero-order valence-electron chi connectivity index (χ0n) is 17.1. The van der Waals surface area contributed by atoms with Gasteiger partial charge in [0.05, 0.1) is 16.9 Å². The molecular formula is C22H23Cl2N3O3. The molecule has 2 aromatic carbocycles. The molecule has 0 aliphatic heterocycles. The van der Waals surface area contributed by atoms with E-state index < -0.39 is 6.04 Å². The second kappa shape index (κ2) is 9.60. The molecule has 1 aromatic heterocycles. The Balaban J connectivity index is 2.04. The van der Waals surface area contributed by atoms with Gasteiger partial charge in [0, 0.05) is 42.9 Å². The van der Waals surface area contributed by atoms with Gasteiger partial charge in [-0.25, -0.2) is 4.98 Å². The van der Waals surface area contributed by atoms with Crippen molar-refractivity contribution in [3.8, 4) is 0 Å². The van der Waals surface area contributed by atoms with Crippen molar-refractivity contribution in [1.82, 2.24) is 14.5 Å². The lowest BCUT2D eigenvalue weighted by Gasteiger charge is -2.30. The van der Waals surface area contributed by atoms with Crippen molar-refractivity contribution in [3.05, 3.63) is 74.3 Å². The average molecular weight is 448 g/mol. The van der Waals surface area contributed by atoms with E-state index in [0.29, 0.717) is 51.9 Å². The summed E-state index contributed by atoms with van der Waals surface area (Å²) in [7, 11) is 3.28. The van der Waals surface area contributed by atoms with Gasteiger partial charge in [0.15, 0.2) is 0 Å². The predicted octanol–water partition coefficient (Wildman–Crippen LogP) is 4.48. The molecular weight excluding hydrogens is 425 g/mol.